The van der Waals surface area contributed by atoms with Crippen molar-refractivity contribution >= 4 is 12.0 Å². The van der Waals surface area contributed by atoms with Gasteiger partial charge >= 0.3 is 6.09 Å². The number of unbranched alkanes of at least 4 members (excludes halogenated alkanes) is 13. The molecule has 1 aliphatic heterocycles. The van der Waals surface area contributed by atoms with Crippen molar-refractivity contribution < 1.29 is 33.1 Å². The van der Waals surface area contributed by atoms with Crippen LogP contribution in [0.15, 0.2) is 24.4 Å². The molecular weight excluding hydrogens is 520 g/mol. The summed E-state index contributed by atoms with van der Waals surface area (Å²) in [5, 5.41) is 0. The molecule has 0 aromatic carbocycles. The zero-order valence-corrected chi connectivity index (χ0v) is 26.2. The van der Waals surface area contributed by atoms with Gasteiger partial charge < -0.3 is 18.9 Å². The predicted octanol–water partition coefficient (Wildman–Crippen LogP) is 6.97. The van der Waals surface area contributed by atoms with Crippen molar-refractivity contribution in [3.8, 4) is 0 Å². The van der Waals surface area contributed by atoms with E-state index in [1.807, 2.05) is 35.9 Å². The molecule has 0 N–H and O–H groups in total. The Bertz CT molecular complexity index is 836. The lowest BCUT2D eigenvalue weighted by molar-refractivity contribution is -0.701. The van der Waals surface area contributed by atoms with Crippen molar-refractivity contribution in [2.24, 2.45) is 5.92 Å². The highest BCUT2D eigenvalue weighted by Gasteiger charge is 2.29. The molecule has 1 saturated heterocycles. The summed E-state index contributed by atoms with van der Waals surface area (Å²) in [7, 11) is 1.78. The Morgan fingerprint density at radius 1 is 0.902 bits per heavy atom. The summed E-state index contributed by atoms with van der Waals surface area (Å²) in [6.07, 6.45) is 20.1. The van der Waals surface area contributed by atoms with E-state index in [9.17, 15) is 9.59 Å². The number of rotatable bonds is 23. The smallest absolute Gasteiger partial charge is 0.417 e. The van der Waals surface area contributed by atoms with E-state index in [0.717, 1.165) is 30.2 Å². The number of carbonyl (C=O) groups excluding carboxylic acids is 2. The van der Waals surface area contributed by atoms with Crippen LogP contribution in [0.3, 0.4) is 0 Å². The van der Waals surface area contributed by atoms with Gasteiger partial charge in [0.25, 0.3) is 0 Å². The predicted molar refractivity (Wildman–Crippen MR) is 160 cm³/mol. The Labute approximate surface area is 249 Å². The lowest BCUT2D eigenvalue weighted by atomic mass is 10.0. The molecule has 1 aromatic heterocycles. The van der Waals surface area contributed by atoms with Crippen molar-refractivity contribution in [2.45, 2.75) is 130 Å². The van der Waals surface area contributed by atoms with Crippen LogP contribution in [0.4, 0.5) is 4.79 Å². The number of hydrogen-bond acceptors (Lipinski definition) is 6. The number of aryl methyl sites for hydroxylation is 1. The Kier molecular flexibility index (Phi) is 19.3. The van der Waals surface area contributed by atoms with E-state index >= 15 is 0 Å². The van der Waals surface area contributed by atoms with E-state index in [-0.39, 0.29) is 31.3 Å². The van der Waals surface area contributed by atoms with Gasteiger partial charge in [-0.25, -0.2) is 14.3 Å². The van der Waals surface area contributed by atoms with Crippen LogP contribution in [0.5, 0.6) is 0 Å². The average molecular weight is 578 g/mol. The van der Waals surface area contributed by atoms with Gasteiger partial charge in [-0.2, -0.15) is 0 Å². The number of pyridine rings is 1. The summed E-state index contributed by atoms with van der Waals surface area (Å²) >= 11 is 0. The largest absolute Gasteiger partial charge is 0.449 e. The monoisotopic (exact) mass is 577 g/mol. The highest BCUT2D eigenvalue weighted by atomic mass is 16.7. The van der Waals surface area contributed by atoms with Gasteiger partial charge in [0.05, 0.1) is 13.2 Å². The van der Waals surface area contributed by atoms with Crippen molar-refractivity contribution in [3.05, 3.63) is 30.1 Å². The molecule has 2 rings (SSSR count). The molecule has 2 amide bonds. The SMILES string of the molecule is CC[n+]1ccccc1CN(C(C)=O)C(=O)OCC1COC(OCCCCCCCCCCCCCCCCOC)C1. The van der Waals surface area contributed by atoms with E-state index in [4.69, 9.17) is 18.9 Å². The molecule has 0 spiro atoms. The number of nitrogens with zero attached hydrogens (tertiary/aromatic N) is 2. The first-order valence-corrected chi connectivity index (χ1v) is 16.2. The molecule has 1 aliphatic rings. The molecule has 0 bridgehead atoms. The second-order valence-corrected chi connectivity index (χ2v) is 11.3. The third-order valence-electron chi connectivity index (χ3n) is 7.83. The van der Waals surface area contributed by atoms with Crippen molar-refractivity contribution in [3.63, 3.8) is 0 Å². The second kappa shape index (κ2) is 22.6. The molecular formula is C33H57N2O6+. The minimum absolute atomic E-state index is 0.0796. The lowest BCUT2D eigenvalue weighted by Crippen LogP contribution is -2.43. The molecule has 1 fully saturated rings. The normalized spacial score (nSPS) is 16.7. The van der Waals surface area contributed by atoms with Crippen molar-refractivity contribution in [1.82, 2.24) is 4.90 Å². The number of ether oxygens (including phenoxy) is 4. The molecule has 0 saturated carbocycles. The van der Waals surface area contributed by atoms with Gasteiger partial charge in [0, 0.05) is 51.7 Å². The van der Waals surface area contributed by atoms with Gasteiger partial charge in [-0.15, -0.1) is 0 Å². The summed E-state index contributed by atoms with van der Waals surface area (Å²) in [6, 6.07) is 5.75. The second-order valence-electron chi connectivity index (χ2n) is 11.3. The molecule has 2 heterocycles. The van der Waals surface area contributed by atoms with Crippen LogP contribution in [0.25, 0.3) is 0 Å². The lowest BCUT2D eigenvalue weighted by Gasteiger charge is -2.19. The maximum atomic E-state index is 12.7. The van der Waals surface area contributed by atoms with Crippen LogP contribution in [-0.2, 0) is 36.8 Å². The van der Waals surface area contributed by atoms with Crippen LogP contribution < -0.4 is 4.57 Å². The Morgan fingerprint density at radius 2 is 1.49 bits per heavy atom. The minimum Gasteiger partial charge on any atom is -0.449 e. The first-order chi connectivity index (χ1) is 20.0. The third-order valence-corrected chi connectivity index (χ3v) is 7.83. The van der Waals surface area contributed by atoms with Gasteiger partial charge in [0.2, 0.25) is 11.6 Å². The Balaban J connectivity index is 1.44. The van der Waals surface area contributed by atoms with Gasteiger partial charge in [-0.3, -0.25) is 4.79 Å². The summed E-state index contributed by atoms with van der Waals surface area (Å²) in [4.78, 5) is 26.0. The van der Waals surface area contributed by atoms with Gasteiger partial charge in [0.1, 0.15) is 13.1 Å². The summed E-state index contributed by atoms with van der Waals surface area (Å²) in [5.41, 5.74) is 0.880. The highest BCUT2D eigenvalue weighted by molar-refractivity contribution is 5.90. The molecule has 41 heavy (non-hydrogen) atoms. The zero-order valence-electron chi connectivity index (χ0n) is 26.2. The molecule has 234 valence electrons. The number of aromatic nitrogens is 1. The Hall–Kier alpha value is -2.03. The van der Waals surface area contributed by atoms with E-state index in [0.29, 0.717) is 19.6 Å². The molecule has 2 unspecified atom stereocenters. The maximum absolute atomic E-state index is 12.7. The fraction of sp³-hybridized carbons (Fsp3) is 0.788. The van der Waals surface area contributed by atoms with Crippen LogP contribution >= 0.6 is 0 Å². The molecule has 8 heteroatoms. The molecule has 0 aliphatic carbocycles. The van der Waals surface area contributed by atoms with E-state index in [1.165, 1.54) is 90.4 Å². The van der Waals surface area contributed by atoms with Crippen LogP contribution in [0, 0.1) is 5.92 Å². The van der Waals surface area contributed by atoms with Crippen LogP contribution in [0.2, 0.25) is 0 Å². The number of methoxy groups -OCH3 is 1. The summed E-state index contributed by atoms with van der Waals surface area (Å²) in [5.74, 6) is -0.253. The maximum Gasteiger partial charge on any atom is 0.417 e. The first kappa shape index (κ1) is 35.2. The number of amides is 2. The third kappa shape index (κ3) is 15.7. The van der Waals surface area contributed by atoms with E-state index < -0.39 is 6.09 Å². The van der Waals surface area contributed by atoms with Crippen LogP contribution in [-0.4, -0.2) is 56.7 Å². The number of hydrogen-bond donors (Lipinski definition) is 0. The molecule has 0 radical (unpaired) electrons. The van der Waals surface area contributed by atoms with Crippen molar-refractivity contribution in [1.29, 1.82) is 0 Å². The summed E-state index contributed by atoms with van der Waals surface area (Å²) in [6.45, 7) is 6.69. The van der Waals surface area contributed by atoms with Crippen LogP contribution in [0.1, 0.15) is 116 Å². The van der Waals surface area contributed by atoms with E-state index in [1.54, 1.807) is 7.11 Å². The summed E-state index contributed by atoms with van der Waals surface area (Å²) < 4.78 is 24.3. The molecule has 8 nitrogen and oxygen atoms in total. The quantitative estimate of drug-likeness (QED) is 0.103. The first-order valence-electron chi connectivity index (χ1n) is 16.2. The van der Waals surface area contributed by atoms with Crippen molar-refractivity contribution in [2.75, 3.05) is 33.5 Å². The Morgan fingerprint density at radius 3 is 2.05 bits per heavy atom. The van der Waals surface area contributed by atoms with E-state index in [2.05, 4.69) is 0 Å². The zero-order chi connectivity index (χ0) is 29.5. The standard InChI is InChI=1S/C33H57N2O6/c1-4-34-22-18-17-21-31(34)26-35(29(2)36)33(37)41-28-30-25-32(40-27-30)39-24-20-16-14-12-10-8-6-5-7-9-11-13-15-19-23-38-3/h17-18,21-22,30,32H,4-16,19-20,23-28H2,1-3H3/q+1. The fourth-order valence-electron chi connectivity index (χ4n) is 5.27. The minimum atomic E-state index is -0.613. The van der Waals surface area contributed by atoms with Gasteiger partial charge in [0.15, 0.2) is 12.5 Å². The fourth-order valence-corrected chi connectivity index (χ4v) is 5.27. The molecule has 1 aromatic rings. The number of carbonyl (C=O) groups is 2. The van der Waals surface area contributed by atoms with Gasteiger partial charge in [-0.1, -0.05) is 83.1 Å². The number of imide groups is 1. The van der Waals surface area contributed by atoms with Gasteiger partial charge in [-0.05, 0) is 19.8 Å². The highest BCUT2D eigenvalue weighted by Crippen LogP contribution is 2.22. The topological polar surface area (TPSA) is 78.2 Å². The average Bonchev–Trinajstić information content (AvgIpc) is 3.44. The molecule has 2 atom stereocenters.